The Morgan fingerprint density at radius 3 is 2.37 bits per heavy atom. The van der Waals surface area contributed by atoms with Gasteiger partial charge in [-0.1, -0.05) is 24.6 Å². The highest BCUT2D eigenvalue weighted by atomic mass is 35.5. The Kier molecular flexibility index (Phi) is 7.10. The van der Waals surface area contributed by atoms with Crippen molar-refractivity contribution < 1.29 is 17.9 Å². The number of hydrogen-bond donors (Lipinski definition) is 1. The maximum absolute atomic E-state index is 12.8. The molecule has 8 heteroatoms. The van der Waals surface area contributed by atoms with Gasteiger partial charge in [-0.3, -0.25) is 9.10 Å². The molecule has 146 valence electrons. The van der Waals surface area contributed by atoms with Crippen LogP contribution in [0.1, 0.15) is 20.3 Å². The van der Waals surface area contributed by atoms with E-state index in [0.717, 1.165) is 10.6 Å². The van der Waals surface area contributed by atoms with Gasteiger partial charge in [-0.05, 0) is 55.8 Å². The monoisotopic (exact) mass is 410 g/mol. The van der Waals surface area contributed by atoms with Gasteiger partial charge in [0.2, 0.25) is 15.9 Å². The molecule has 0 heterocycles. The van der Waals surface area contributed by atoms with Crippen molar-refractivity contribution in [2.45, 2.75) is 26.3 Å². The number of halogens is 1. The second-order valence-corrected chi connectivity index (χ2v) is 8.21. The molecular formula is C19H23ClN2O4S. The fraction of sp³-hybridized carbons (Fsp3) is 0.316. The minimum Gasteiger partial charge on any atom is -0.494 e. The number of amides is 1. The number of carbonyl (C=O) groups excluding carboxylic acids is 1. The molecule has 0 aromatic heterocycles. The molecular weight excluding hydrogens is 388 g/mol. The van der Waals surface area contributed by atoms with Crippen molar-refractivity contribution in [1.82, 2.24) is 0 Å². The van der Waals surface area contributed by atoms with Crippen LogP contribution in [-0.2, 0) is 14.8 Å². The van der Waals surface area contributed by atoms with E-state index in [9.17, 15) is 13.2 Å². The minimum atomic E-state index is -3.70. The van der Waals surface area contributed by atoms with Crippen molar-refractivity contribution in [3.05, 3.63) is 53.6 Å². The number of sulfonamides is 1. The molecule has 2 aromatic rings. The average molecular weight is 411 g/mol. The van der Waals surface area contributed by atoms with E-state index in [0.29, 0.717) is 35.2 Å². The first-order valence-corrected chi connectivity index (χ1v) is 10.8. The van der Waals surface area contributed by atoms with Gasteiger partial charge in [-0.15, -0.1) is 0 Å². The second-order valence-electron chi connectivity index (χ2n) is 5.91. The van der Waals surface area contributed by atoms with Gasteiger partial charge in [0.1, 0.15) is 11.8 Å². The highest BCUT2D eigenvalue weighted by molar-refractivity contribution is 7.92. The maximum Gasteiger partial charge on any atom is 0.248 e. The Bertz CT molecular complexity index is 885. The van der Waals surface area contributed by atoms with Crippen molar-refractivity contribution in [2.75, 3.05) is 22.5 Å². The highest BCUT2D eigenvalue weighted by Gasteiger charge is 2.31. The molecule has 1 atom stereocenters. The maximum atomic E-state index is 12.8. The number of hydrogen-bond acceptors (Lipinski definition) is 4. The summed E-state index contributed by atoms with van der Waals surface area (Å²) in [7, 11) is -3.70. The molecule has 0 saturated carbocycles. The zero-order chi connectivity index (χ0) is 20.0. The number of nitrogens with zero attached hydrogens (tertiary/aromatic N) is 1. The van der Waals surface area contributed by atoms with E-state index < -0.39 is 22.0 Å². The Morgan fingerprint density at radius 1 is 1.19 bits per heavy atom. The van der Waals surface area contributed by atoms with Gasteiger partial charge in [-0.2, -0.15) is 0 Å². The summed E-state index contributed by atoms with van der Waals surface area (Å²) in [5, 5.41) is 3.16. The van der Waals surface area contributed by atoms with Crippen LogP contribution in [-0.4, -0.2) is 33.2 Å². The third-order valence-corrected chi connectivity index (χ3v) is 5.24. The molecule has 1 N–H and O–H groups in total. The summed E-state index contributed by atoms with van der Waals surface area (Å²) in [5.41, 5.74) is 0.903. The zero-order valence-corrected chi connectivity index (χ0v) is 17.0. The van der Waals surface area contributed by atoms with Crippen LogP contribution in [0.25, 0.3) is 0 Å². The molecule has 2 aromatic carbocycles. The van der Waals surface area contributed by atoms with Crippen LogP contribution in [0.4, 0.5) is 11.4 Å². The SMILES string of the molecule is CCOc1ccc(NC(=O)C(CC)N(c2cccc(Cl)c2)S(C)(=O)=O)cc1. The van der Waals surface area contributed by atoms with Crippen LogP contribution in [0.5, 0.6) is 5.75 Å². The number of anilines is 2. The Balaban J connectivity index is 2.29. The molecule has 27 heavy (non-hydrogen) atoms. The van der Waals surface area contributed by atoms with Crippen molar-refractivity contribution >= 4 is 38.9 Å². The first-order valence-electron chi connectivity index (χ1n) is 8.55. The van der Waals surface area contributed by atoms with E-state index in [-0.39, 0.29) is 0 Å². The molecule has 1 unspecified atom stereocenters. The van der Waals surface area contributed by atoms with Crippen LogP contribution in [0.15, 0.2) is 48.5 Å². The van der Waals surface area contributed by atoms with Crippen LogP contribution in [0.3, 0.4) is 0 Å². The molecule has 2 rings (SSSR count). The van der Waals surface area contributed by atoms with E-state index in [4.69, 9.17) is 16.3 Å². The Morgan fingerprint density at radius 2 is 1.85 bits per heavy atom. The predicted octanol–water partition coefficient (Wildman–Crippen LogP) is 3.92. The van der Waals surface area contributed by atoms with Crippen LogP contribution < -0.4 is 14.4 Å². The number of carbonyl (C=O) groups is 1. The molecule has 0 fully saturated rings. The number of ether oxygens (including phenoxy) is 1. The number of benzene rings is 2. The zero-order valence-electron chi connectivity index (χ0n) is 15.5. The normalized spacial score (nSPS) is 12.3. The summed E-state index contributed by atoms with van der Waals surface area (Å²) >= 11 is 6.00. The van der Waals surface area contributed by atoms with Crippen LogP contribution in [0.2, 0.25) is 5.02 Å². The van der Waals surface area contributed by atoms with Gasteiger partial charge in [-0.25, -0.2) is 8.42 Å². The third kappa shape index (κ3) is 5.61. The lowest BCUT2D eigenvalue weighted by molar-refractivity contribution is -0.117. The van der Waals surface area contributed by atoms with Crippen molar-refractivity contribution in [3.8, 4) is 5.75 Å². The molecule has 0 saturated heterocycles. The highest BCUT2D eigenvalue weighted by Crippen LogP contribution is 2.26. The summed E-state index contributed by atoms with van der Waals surface area (Å²) in [6, 6.07) is 12.4. The topological polar surface area (TPSA) is 75.7 Å². The molecule has 1 amide bonds. The van der Waals surface area contributed by atoms with Gasteiger partial charge >= 0.3 is 0 Å². The Hall–Kier alpha value is -2.25. The standard InChI is InChI=1S/C19H23ClN2O4S/c1-4-18(19(23)21-15-9-11-17(12-10-15)26-5-2)22(27(3,24)25)16-8-6-7-14(20)13-16/h6-13,18H,4-5H2,1-3H3,(H,21,23). The molecule has 0 radical (unpaired) electrons. The third-order valence-electron chi connectivity index (χ3n) is 3.83. The fourth-order valence-corrected chi connectivity index (χ4v) is 4.09. The van der Waals surface area contributed by atoms with Crippen molar-refractivity contribution in [2.24, 2.45) is 0 Å². The molecule has 6 nitrogen and oxygen atoms in total. The first kappa shape index (κ1) is 21.1. The van der Waals surface area contributed by atoms with E-state index in [2.05, 4.69) is 5.32 Å². The quantitative estimate of drug-likeness (QED) is 0.715. The second kappa shape index (κ2) is 9.10. The van der Waals surface area contributed by atoms with Gasteiger partial charge in [0.05, 0.1) is 18.6 Å². The van der Waals surface area contributed by atoms with Crippen molar-refractivity contribution in [3.63, 3.8) is 0 Å². The summed E-state index contributed by atoms with van der Waals surface area (Å²) in [6.45, 7) is 4.19. The molecule has 0 aliphatic heterocycles. The van der Waals surface area contributed by atoms with Crippen LogP contribution >= 0.6 is 11.6 Å². The van der Waals surface area contributed by atoms with Gasteiger partial charge in [0.15, 0.2) is 0 Å². The predicted molar refractivity (Wildman–Crippen MR) is 109 cm³/mol. The minimum absolute atomic E-state index is 0.294. The van der Waals surface area contributed by atoms with E-state index >= 15 is 0 Å². The number of nitrogens with one attached hydrogen (secondary N) is 1. The van der Waals surface area contributed by atoms with E-state index in [1.54, 1.807) is 49.4 Å². The molecule has 0 aliphatic carbocycles. The summed E-state index contributed by atoms with van der Waals surface area (Å²) in [5.74, 6) is 0.270. The van der Waals surface area contributed by atoms with Gasteiger partial charge < -0.3 is 10.1 Å². The molecule has 0 spiro atoms. The lowest BCUT2D eigenvalue weighted by atomic mass is 10.1. The lowest BCUT2D eigenvalue weighted by Gasteiger charge is -2.30. The summed E-state index contributed by atoms with van der Waals surface area (Å²) in [6.07, 6.45) is 1.36. The van der Waals surface area contributed by atoms with Gasteiger partial charge in [0.25, 0.3) is 0 Å². The smallest absolute Gasteiger partial charge is 0.248 e. The van der Waals surface area contributed by atoms with Crippen molar-refractivity contribution in [1.29, 1.82) is 0 Å². The van der Waals surface area contributed by atoms with Gasteiger partial charge in [0, 0.05) is 10.7 Å². The Labute approximate surface area is 165 Å². The largest absolute Gasteiger partial charge is 0.494 e. The molecule has 0 bridgehead atoms. The fourth-order valence-electron chi connectivity index (χ4n) is 2.70. The van der Waals surface area contributed by atoms with E-state index in [1.165, 1.54) is 6.07 Å². The number of rotatable bonds is 8. The summed E-state index contributed by atoms with van der Waals surface area (Å²) < 4.78 is 31.3. The molecule has 0 aliphatic rings. The van der Waals surface area contributed by atoms with Crippen LogP contribution in [0, 0.1) is 0 Å². The first-order chi connectivity index (χ1) is 12.8. The van der Waals surface area contributed by atoms with E-state index in [1.807, 2.05) is 6.92 Å². The lowest BCUT2D eigenvalue weighted by Crippen LogP contribution is -2.47. The summed E-state index contributed by atoms with van der Waals surface area (Å²) in [4.78, 5) is 12.8. The average Bonchev–Trinajstić information content (AvgIpc) is 2.60.